The van der Waals surface area contributed by atoms with E-state index in [9.17, 15) is 0 Å². The first-order chi connectivity index (χ1) is 14.1. The van der Waals surface area contributed by atoms with Gasteiger partial charge in [0, 0.05) is 50.9 Å². The Morgan fingerprint density at radius 2 is 1.90 bits per heavy atom. The zero-order valence-electron chi connectivity index (χ0n) is 17.9. The van der Waals surface area contributed by atoms with E-state index in [2.05, 4.69) is 51.7 Å². The summed E-state index contributed by atoms with van der Waals surface area (Å²) < 4.78 is 10.7. The number of rotatable bonds is 7. The number of benzene rings is 2. The van der Waals surface area contributed by atoms with Crippen molar-refractivity contribution in [3.05, 3.63) is 59.2 Å². The number of hydrogen-bond donors (Lipinski definition) is 2. The molecule has 0 aliphatic carbocycles. The van der Waals surface area contributed by atoms with E-state index in [4.69, 9.17) is 9.47 Å². The molecule has 0 saturated heterocycles. The molecule has 2 N–H and O–H groups in total. The third-order valence-corrected chi connectivity index (χ3v) is 5.51. The molecule has 3 rings (SSSR count). The van der Waals surface area contributed by atoms with E-state index in [0.717, 1.165) is 49.1 Å². The average molecular weight is 397 g/mol. The molecule has 1 aliphatic rings. The molecule has 29 heavy (non-hydrogen) atoms. The molecule has 1 atom stereocenters. The average Bonchev–Trinajstić information content (AvgIpc) is 2.78. The summed E-state index contributed by atoms with van der Waals surface area (Å²) in [6.45, 7) is 5.82. The van der Waals surface area contributed by atoms with Crippen LogP contribution < -0.4 is 20.1 Å². The van der Waals surface area contributed by atoms with Crippen molar-refractivity contribution >= 4 is 5.96 Å². The first kappa shape index (κ1) is 21.0. The summed E-state index contributed by atoms with van der Waals surface area (Å²) in [7, 11) is 5.12. The van der Waals surface area contributed by atoms with Gasteiger partial charge in [-0.1, -0.05) is 24.3 Å². The summed E-state index contributed by atoms with van der Waals surface area (Å²) in [5, 5.41) is 6.82. The Kier molecular flexibility index (Phi) is 7.36. The van der Waals surface area contributed by atoms with Crippen molar-refractivity contribution in [2.75, 3.05) is 34.4 Å². The van der Waals surface area contributed by atoms with E-state index in [1.807, 2.05) is 18.2 Å². The minimum Gasteiger partial charge on any atom is -0.497 e. The molecule has 0 fully saturated rings. The van der Waals surface area contributed by atoms with Crippen LogP contribution in [-0.4, -0.2) is 51.3 Å². The monoisotopic (exact) mass is 396 g/mol. The van der Waals surface area contributed by atoms with Crippen LogP contribution in [0.4, 0.5) is 0 Å². The molecule has 0 amide bonds. The Balaban J connectivity index is 1.51. The smallest absolute Gasteiger partial charge is 0.191 e. The largest absolute Gasteiger partial charge is 0.497 e. The maximum Gasteiger partial charge on any atom is 0.191 e. The van der Waals surface area contributed by atoms with Crippen LogP contribution in [0.3, 0.4) is 0 Å². The van der Waals surface area contributed by atoms with Gasteiger partial charge in [-0.3, -0.25) is 9.89 Å². The highest BCUT2D eigenvalue weighted by atomic mass is 16.5. The first-order valence-electron chi connectivity index (χ1n) is 10.1. The van der Waals surface area contributed by atoms with Gasteiger partial charge in [-0.2, -0.15) is 0 Å². The number of fused-ring (bicyclic) bond motifs is 1. The minimum absolute atomic E-state index is 0.414. The molecular weight excluding hydrogens is 364 g/mol. The first-order valence-corrected chi connectivity index (χ1v) is 10.1. The third-order valence-electron chi connectivity index (χ3n) is 5.51. The Morgan fingerprint density at radius 3 is 2.62 bits per heavy atom. The van der Waals surface area contributed by atoms with Gasteiger partial charge in [0.1, 0.15) is 11.5 Å². The Labute approximate surface area is 173 Å². The number of nitrogens with zero attached hydrogens (tertiary/aromatic N) is 2. The van der Waals surface area contributed by atoms with Gasteiger partial charge in [0.05, 0.1) is 14.2 Å². The van der Waals surface area contributed by atoms with Gasteiger partial charge in [0.25, 0.3) is 0 Å². The van der Waals surface area contributed by atoms with Crippen LogP contribution >= 0.6 is 0 Å². The van der Waals surface area contributed by atoms with Crippen LogP contribution in [-0.2, 0) is 19.5 Å². The van der Waals surface area contributed by atoms with E-state index in [1.54, 1.807) is 21.3 Å². The second-order valence-electron chi connectivity index (χ2n) is 7.32. The number of aliphatic imine (C=N–C) groups is 1. The standard InChI is InChI=1S/C23H32N4O2/c1-17(27-12-11-18-7-5-6-8-20(18)16-27)14-25-23(24-2)26-15-19-9-10-21(28-3)13-22(19)29-4/h5-10,13,17H,11-12,14-16H2,1-4H3,(H2,24,25,26). The third kappa shape index (κ3) is 5.41. The van der Waals surface area contributed by atoms with Crippen LogP contribution in [0.1, 0.15) is 23.6 Å². The van der Waals surface area contributed by atoms with Crippen molar-refractivity contribution in [3.63, 3.8) is 0 Å². The van der Waals surface area contributed by atoms with E-state index >= 15 is 0 Å². The van der Waals surface area contributed by atoms with Gasteiger partial charge < -0.3 is 20.1 Å². The highest BCUT2D eigenvalue weighted by Gasteiger charge is 2.20. The summed E-state index contributed by atoms with van der Waals surface area (Å²) in [5.41, 5.74) is 3.98. The normalized spacial score (nSPS) is 15.4. The van der Waals surface area contributed by atoms with Crippen molar-refractivity contribution < 1.29 is 9.47 Å². The number of hydrogen-bond acceptors (Lipinski definition) is 4. The molecule has 1 unspecified atom stereocenters. The summed E-state index contributed by atoms with van der Waals surface area (Å²) in [6, 6.07) is 15.0. The van der Waals surface area contributed by atoms with Crippen molar-refractivity contribution in [2.45, 2.75) is 32.5 Å². The van der Waals surface area contributed by atoms with E-state index < -0.39 is 0 Å². The number of nitrogens with one attached hydrogen (secondary N) is 2. The molecule has 1 aliphatic heterocycles. The van der Waals surface area contributed by atoms with E-state index in [0.29, 0.717) is 12.6 Å². The second-order valence-corrected chi connectivity index (χ2v) is 7.32. The maximum absolute atomic E-state index is 5.47. The molecule has 6 heteroatoms. The van der Waals surface area contributed by atoms with Crippen molar-refractivity contribution in [2.24, 2.45) is 4.99 Å². The molecule has 1 heterocycles. The lowest BCUT2D eigenvalue weighted by Crippen LogP contribution is -2.47. The van der Waals surface area contributed by atoms with Crippen LogP contribution in [0.25, 0.3) is 0 Å². The molecule has 156 valence electrons. The predicted octanol–water partition coefficient (Wildman–Crippen LogP) is 2.82. The topological polar surface area (TPSA) is 58.1 Å². The number of ether oxygens (including phenoxy) is 2. The van der Waals surface area contributed by atoms with Gasteiger partial charge in [-0.25, -0.2) is 0 Å². The molecule has 0 saturated carbocycles. The van der Waals surface area contributed by atoms with Crippen LogP contribution in [0.5, 0.6) is 11.5 Å². The molecule has 0 bridgehead atoms. The molecular formula is C23H32N4O2. The van der Waals surface area contributed by atoms with Gasteiger partial charge in [-0.05, 0) is 36.6 Å². The van der Waals surface area contributed by atoms with Crippen molar-refractivity contribution in [1.82, 2.24) is 15.5 Å². The van der Waals surface area contributed by atoms with E-state index in [1.165, 1.54) is 11.1 Å². The zero-order valence-corrected chi connectivity index (χ0v) is 17.9. The fraction of sp³-hybridized carbons (Fsp3) is 0.435. The molecule has 6 nitrogen and oxygen atoms in total. The highest BCUT2D eigenvalue weighted by Crippen LogP contribution is 2.24. The minimum atomic E-state index is 0.414. The Bertz CT molecular complexity index is 837. The number of guanidine groups is 1. The SMILES string of the molecule is CN=C(NCc1ccc(OC)cc1OC)NCC(C)N1CCc2ccccc2C1. The van der Waals surface area contributed by atoms with Crippen LogP contribution in [0, 0.1) is 0 Å². The highest BCUT2D eigenvalue weighted by molar-refractivity contribution is 5.79. The quantitative estimate of drug-likeness (QED) is 0.557. The van der Waals surface area contributed by atoms with Gasteiger partial charge >= 0.3 is 0 Å². The fourth-order valence-corrected chi connectivity index (χ4v) is 3.66. The zero-order chi connectivity index (χ0) is 20.6. The molecule has 0 radical (unpaired) electrons. The second kappa shape index (κ2) is 10.2. The van der Waals surface area contributed by atoms with E-state index in [-0.39, 0.29) is 0 Å². The predicted molar refractivity (Wildman–Crippen MR) is 118 cm³/mol. The van der Waals surface area contributed by atoms with Crippen LogP contribution in [0.2, 0.25) is 0 Å². The molecule has 0 spiro atoms. The van der Waals surface area contributed by atoms with Crippen molar-refractivity contribution in [3.8, 4) is 11.5 Å². The van der Waals surface area contributed by atoms with Crippen LogP contribution in [0.15, 0.2) is 47.5 Å². The molecule has 0 aromatic heterocycles. The van der Waals surface area contributed by atoms with Gasteiger partial charge in [0.2, 0.25) is 0 Å². The number of methoxy groups -OCH3 is 2. The fourth-order valence-electron chi connectivity index (χ4n) is 3.66. The molecule has 2 aromatic carbocycles. The lowest BCUT2D eigenvalue weighted by Gasteiger charge is -2.34. The molecule has 2 aromatic rings. The summed E-state index contributed by atoms with van der Waals surface area (Å²) in [6.07, 6.45) is 1.12. The lowest BCUT2D eigenvalue weighted by atomic mass is 9.99. The maximum atomic E-state index is 5.47. The summed E-state index contributed by atoms with van der Waals surface area (Å²) in [5.74, 6) is 2.37. The Morgan fingerprint density at radius 1 is 1.10 bits per heavy atom. The Hall–Kier alpha value is -2.73. The lowest BCUT2D eigenvalue weighted by molar-refractivity contribution is 0.191. The van der Waals surface area contributed by atoms with Gasteiger partial charge in [0.15, 0.2) is 5.96 Å². The van der Waals surface area contributed by atoms with Crippen molar-refractivity contribution in [1.29, 1.82) is 0 Å². The summed E-state index contributed by atoms with van der Waals surface area (Å²) >= 11 is 0. The van der Waals surface area contributed by atoms with Gasteiger partial charge in [-0.15, -0.1) is 0 Å². The summed E-state index contributed by atoms with van der Waals surface area (Å²) in [4.78, 5) is 6.88.